The summed E-state index contributed by atoms with van der Waals surface area (Å²) >= 11 is 0. The van der Waals surface area contributed by atoms with E-state index >= 15 is 0 Å². The van der Waals surface area contributed by atoms with Crippen LogP contribution in [-0.2, 0) is 12.8 Å². The van der Waals surface area contributed by atoms with Crippen molar-refractivity contribution in [2.75, 3.05) is 6.61 Å². The van der Waals surface area contributed by atoms with E-state index in [1.54, 1.807) is 12.1 Å². The molecule has 1 aliphatic rings. The maximum absolute atomic E-state index is 14.1. The van der Waals surface area contributed by atoms with Crippen LogP contribution in [0.2, 0.25) is 0 Å². The van der Waals surface area contributed by atoms with Gasteiger partial charge in [-0.3, -0.25) is 4.40 Å². The van der Waals surface area contributed by atoms with Crippen LogP contribution in [0.3, 0.4) is 0 Å². The van der Waals surface area contributed by atoms with Gasteiger partial charge in [0.2, 0.25) is 0 Å². The van der Waals surface area contributed by atoms with Crippen molar-refractivity contribution in [1.29, 1.82) is 0 Å². The predicted octanol–water partition coefficient (Wildman–Crippen LogP) is 3.81. The van der Waals surface area contributed by atoms with Gasteiger partial charge in [0.1, 0.15) is 11.5 Å². The van der Waals surface area contributed by atoms with Gasteiger partial charge in [-0.2, -0.15) is 0 Å². The molecule has 0 unspecified atom stereocenters. The molecule has 2 heterocycles. The van der Waals surface area contributed by atoms with E-state index in [2.05, 4.69) is 4.98 Å². The summed E-state index contributed by atoms with van der Waals surface area (Å²) in [6.07, 6.45) is 6.02. The second-order valence-electron chi connectivity index (χ2n) is 5.76. The van der Waals surface area contributed by atoms with Gasteiger partial charge in [0.05, 0.1) is 18.0 Å². The molecule has 118 valence electrons. The fourth-order valence-electron chi connectivity index (χ4n) is 3.19. The lowest BCUT2D eigenvalue weighted by Gasteiger charge is -2.17. The zero-order chi connectivity index (χ0) is 15.8. The van der Waals surface area contributed by atoms with Crippen molar-refractivity contribution in [1.82, 2.24) is 14.4 Å². The van der Waals surface area contributed by atoms with Gasteiger partial charge in [0.15, 0.2) is 0 Å². The van der Waals surface area contributed by atoms with Gasteiger partial charge >= 0.3 is 6.01 Å². The molecule has 23 heavy (non-hydrogen) atoms. The number of rotatable bonds is 3. The number of fused-ring (bicyclic) bond motifs is 3. The summed E-state index contributed by atoms with van der Waals surface area (Å²) in [7, 11) is 0. The maximum atomic E-state index is 14.1. The summed E-state index contributed by atoms with van der Waals surface area (Å²) in [5.41, 5.74) is 4.20. The van der Waals surface area contributed by atoms with Crippen molar-refractivity contribution < 1.29 is 9.13 Å². The molecule has 0 radical (unpaired) electrons. The molecule has 0 spiro atoms. The predicted molar refractivity (Wildman–Crippen MR) is 86.2 cm³/mol. The van der Waals surface area contributed by atoms with Gasteiger partial charge in [0, 0.05) is 17.3 Å². The Morgan fingerprint density at radius 3 is 2.83 bits per heavy atom. The molecular formula is C18H18FN3O. The van der Waals surface area contributed by atoms with E-state index in [4.69, 9.17) is 9.72 Å². The Balaban J connectivity index is 1.96. The molecule has 0 saturated heterocycles. The van der Waals surface area contributed by atoms with E-state index in [1.807, 2.05) is 23.6 Å². The summed E-state index contributed by atoms with van der Waals surface area (Å²) in [6, 6.07) is 7.25. The molecule has 0 amide bonds. The highest BCUT2D eigenvalue weighted by Gasteiger charge is 2.21. The Morgan fingerprint density at radius 1 is 1.17 bits per heavy atom. The third-order valence-corrected chi connectivity index (χ3v) is 4.27. The fourth-order valence-corrected chi connectivity index (χ4v) is 3.19. The molecule has 0 aliphatic heterocycles. The summed E-state index contributed by atoms with van der Waals surface area (Å²) in [6.45, 7) is 2.47. The summed E-state index contributed by atoms with van der Waals surface area (Å²) in [5.74, 6) is -0.268. The summed E-state index contributed by atoms with van der Waals surface area (Å²) in [5, 5.41) is 0. The van der Waals surface area contributed by atoms with Crippen LogP contribution in [0.4, 0.5) is 4.39 Å². The lowest BCUT2D eigenvalue weighted by Crippen LogP contribution is -2.11. The Morgan fingerprint density at radius 2 is 2.00 bits per heavy atom. The van der Waals surface area contributed by atoms with Crippen LogP contribution >= 0.6 is 0 Å². The molecule has 0 fully saturated rings. The zero-order valence-electron chi connectivity index (χ0n) is 13.1. The number of aryl methyl sites for hydroxylation is 2. The van der Waals surface area contributed by atoms with Crippen molar-refractivity contribution in [2.24, 2.45) is 0 Å². The van der Waals surface area contributed by atoms with E-state index in [9.17, 15) is 4.39 Å². The summed E-state index contributed by atoms with van der Waals surface area (Å²) in [4.78, 5) is 9.37. The van der Waals surface area contributed by atoms with E-state index in [0.717, 1.165) is 37.0 Å². The average Bonchev–Trinajstić information content (AvgIpc) is 3.01. The second kappa shape index (κ2) is 5.65. The Hall–Kier alpha value is -2.43. The third-order valence-electron chi connectivity index (χ3n) is 4.27. The van der Waals surface area contributed by atoms with E-state index in [-0.39, 0.29) is 5.82 Å². The minimum Gasteiger partial charge on any atom is -0.465 e. The monoisotopic (exact) mass is 311 g/mol. The van der Waals surface area contributed by atoms with E-state index < -0.39 is 0 Å². The average molecular weight is 311 g/mol. The standard InChI is InChI=1S/C18H18FN3O/c1-2-23-18-21-15-10-6-4-8-13(15)17-20-16(11-22(17)18)12-7-3-5-9-14(12)19/h3,5,7,9,11H,2,4,6,8,10H2,1H3. The lowest BCUT2D eigenvalue weighted by molar-refractivity contribution is 0.306. The van der Waals surface area contributed by atoms with E-state index in [0.29, 0.717) is 23.9 Å². The van der Waals surface area contributed by atoms with E-state index in [1.165, 1.54) is 11.6 Å². The smallest absolute Gasteiger partial charge is 0.302 e. The van der Waals surface area contributed by atoms with Crippen molar-refractivity contribution in [3.05, 3.63) is 47.5 Å². The highest BCUT2D eigenvalue weighted by molar-refractivity contribution is 5.66. The van der Waals surface area contributed by atoms with Gasteiger partial charge in [-0.25, -0.2) is 14.4 Å². The Kier molecular flexibility index (Phi) is 3.48. The SMILES string of the molecule is CCOc1nc2c(c3nc(-c4ccccc4F)cn13)CCCC2. The highest BCUT2D eigenvalue weighted by atomic mass is 19.1. The van der Waals surface area contributed by atoms with Crippen molar-refractivity contribution in [2.45, 2.75) is 32.6 Å². The van der Waals surface area contributed by atoms with Crippen LogP contribution in [0.25, 0.3) is 16.9 Å². The number of halogens is 1. The Labute approximate surface area is 134 Å². The number of nitrogens with zero attached hydrogens (tertiary/aromatic N) is 3. The molecule has 4 rings (SSSR count). The first kappa shape index (κ1) is 14.2. The molecule has 0 saturated carbocycles. The molecule has 0 N–H and O–H groups in total. The zero-order valence-corrected chi connectivity index (χ0v) is 13.1. The number of hydrogen-bond acceptors (Lipinski definition) is 3. The van der Waals surface area contributed by atoms with Gasteiger partial charge in [-0.05, 0) is 44.7 Å². The molecule has 1 aromatic carbocycles. The molecule has 0 bridgehead atoms. The molecular weight excluding hydrogens is 293 g/mol. The van der Waals surface area contributed by atoms with Crippen molar-refractivity contribution in [3.63, 3.8) is 0 Å². The number of imidazole rings is 1. The first-order valence-electron chi connectivity index (χ1n) is 8.06. The lowest BCUT2D eigenvalue weighted by atomic mass is 9.97. The summed E-state index contributed by atoms with van der Waals surface area (Å²) < 4.78 is 21.6. The van der Waals surface area contributed by atoms with Crippen LogP contribution in [0, 0.1) is 5.82 Å². The van der Waals surface area contributed by atoms with Crippen LogP contribution in [0.5, 0.6) is 6.01 Å². The molecule has 5 heteroatoms. The second-order valence-corrected chi connectivity index (χ2v) is 5.76. The van der Waals surface area contributed by atoms with Gasteiger partial charge in [-0.15, -0.1) is 0 Å². The molecule has 0 atom stereocenters. The normalized spacial score (nSPS) is 14.0. The first-order chi connectivity index (χ1) is 11.3. The van der Waals surface area contributed by atoms with Gasteiger partial charge in [0.25, 0.3) is 0 Å². The third kappa shape index (κ3) is 2.36. The number of benzene rings is 1. The molecule has 1 aliphatic carbocycles. The van der Waals surface area contributed by atoms with Crippen molar-refractivity contribution in [3.8, 4) is 17.3 Å². The van der Waals surface area contributed by atoms with Crippen LogP contribution in [-0.4, -0.2) is 21.0 Å². The van der Waals surface area contributed by atoms with Crippen LogP contribution < -0.4 is 4.74 Å². The minimum absolute atomic E-state index is 0.268. The van der Waals surface area contributed by atoms with Crippen LogP contribution in [0.1, 0.15) is 31.0 Å². The van der Waals surface area contributed by atoms with Gasteiger partial charge < -0.3 is 4.74 Å². The minimum atomic E-state index is -0.268. The highest BCUT2D eigenvalue weighted by Crippen LogP contribution is 2.30. The fraction of sp³-hybridized carbons (Fsp3) is 0.333. The maximum Gasteiger partial charge on any atom is 0.302 e. The molecule has 4 nitrogen and oxygen atoms in total. The van der Waals surface area contributed by atoms with Gasteiger partial charge in [-0.1, -0.05) is 12.1 Å². The number of hydrogen-bond donors (Lipinski definition) is 0. The molecule has 3 aromatic rings. The quantitative estimate of drug-likeness (QED) is 0.738. The largest absolute Gasteiger partial charge is 0.465 e. The Bertz CT molecular complexity index is 872. The molecule has 2 aromatic heterocycles. The van der Waals surface area contributed by atoms with Crippen LogP contribution in [0.15, 0.2) is 30.5 Å². The first-order valence-corrected chi connectivity index (χ1v) is 8.06. The number of aromatic nitrogens is 3. The van der Waals surface area contributed by atoms with Crippen molar-refractivity contribution >= 4 is 5.65 Å². The topological polar surface area (TPSA) is 39.4 Å². The number of ether oxygens (including phenoxy) is 1.